The fraction of sp³-hybridized carbons (Fsp3) is 0.600. The Labute approximate surface area is 118 Å². The van der Waals surface area contributed by atoms with E-state index in [9.17, 15) is 17.9 Å². The van der Waals surface area contributed by atoms with E-state index in [-0.39, 0.29) is 18.7 Å². The van der Waals surface area contributed by atoms with Crippen molar-refractivity contribution in [1.82, 2.24) is 0 Å². The predicted octanol–water partition coefficient (Wildman–Crippen LogP) is 2.15. The van der Waals surface area contributed by atoms with Crippen molar-refractivity contribution in [1.29, 1.82) is 0 Å². The number of aliphatic hydroxyl groups is 1. The maximum absolute atomic E-state index is 13.3. The summed E-state index contributed by atoms with van der Waals surface area (Å²) in [6.07, 6.45) is 2.19. The van der Waals surface area contributed by atoms with Gasteiger partial charge < -0.3 is 5.11 Å². The van der Waals surface area contributed by atoms with Crippen molar-refractivity contribution >= 4 is 9.84 Å². The minimum Gasteiger partial charge on any atom is -0.389 e. The van der Waals surface area contributed by atoms with Gasteiger partial charge in [-0.05, 0) is 55.9 Å². The third-order valence-corrected chi connectivity index (χ3v) is 7.45. The molecule has 2 aliphatic heterocycles. The van der Waals surface area contributed by atoms with Gasteiger partial charge in [0.1, 0.15) is 5.82 Å². The third kappa shape index (κ3) is 2.27. The molecule has 2 bridgehead atoms. The van der Waals surface area contributed by atoms with Crippen LogP contribution in [0, 0.1) is 12.7 Å². The van der Waals surface area contributed by atoms with Crippen molar-refractivity contribution in [2.45, 2.75) is 55.1 Å². The zero-order valence-electron chi connectivity index (χ0n) is 11.5. The minimum atomic E-state index is -3.04. The molecular weight excluding hydrogens is 279 g/mol. The molecule has 2 unspecified atom stereocenters. The molecule has 3 rings (SSSR count). The second-order valence-electron chi connectivity index (χ2n) is 6.29. The van der Waals surface area contributed by atoms with Crippen LogP contribution in [0.4, 0.5) is 4.39 Å². The van der Waals surface area contributed by atoms with Crippen LogP contribution in [-0.4, -0.2) is 29.6 Å². The minimum absolute atomic E-state index is 0.280. The van der Waals surface area contributed by atoms with Crippen LogP contribution in [0.5, 0.6) is 0 Å². The maximum Gasteiger partial charge on any atom is 0.156 e. The highest BCUT2D eigenvalue weighted by Gasteiger charge is 2.52. The summed E-state index contributed by atoms with van der Waals surface area (Å²) >= 11 is 0. The van der Waals surface area contributed by atoms with Gasteiger partial charge in [-0.2, -0.15) is 0 Å². The van der Waals surface area contributed by atoms with Gasteiger partial charge in [0.15, 0.2) is 9.84 Å². The van der Waals surface area contributed by atoms with Crippen molar-refractivity contribution in [2.24, 2.45) is 0 Å². The first kappa shape index (κ1) is 14.0. The molecular formula is C15H19FO3S. The normalized spacial score (nSPS) is 35.1. The maximum atomic E-state index is 13.3. The summed E-state index contributed by atoms with van der Waals surface area (Å²) in [6, 6.07) is 4.54. The van der Waals surface area contributed by atoms with Gasteiger partial charge in [-0.1, -0.05) is 6.07 Å². The van der Waals surface area contributed by atoms with Crippen molar-refractivity contribution in [3.05, 3.63) is 35.1 Å². The largest absolute Gasteiger partial charge is 0.389 e. The SMILES string of the molecule is Cc1ccc(F)cc1CC1(O)CC2CCC(C1)S2(=O)=O. The van der Waals surface area contributed by atoms with E-state index >= 15 is 0 Å². The Morgan fingerprint density at radius 2 is 1.90 bits per heavy atom. The lowest BCUT2D eigenvalue weighted by Crippen LogP contribution is -2.46. The molecule has 3 nitrogen and oxygen atoms in total. The molecule has 0 amide bonds. The molecule has 2 aliphatic rings. The number of hydrogen-bond acceptors (Lipinski definition) is 3. The van der Waals surface area contributed by atoms with E-state index < -0.39 is 25.9 Å². The lowest BCUT2D eigenvalue weighted by atomic mass is 9.85. The van der Waals surface area contributed by atoms with Crippen LogP contribution in [0.3, 0.4) is 0 Å². The summed E-state index contributed by atoms with van der Waals surface area (Å²) < 4.78 is 37.5. The fourth-order valence-corrected chi connectivity index (χ4v) is 6.23. The van der Waals surface area contributed by atoms with Gasteiger partial charge in [0.2, 0.25) is 0 Å². The van der Waals surface area contributed by atoms with Crippen LogP contribution in [0.25, 0.3) is 0 Å². The molecule has 2 atom stereocenters. The van der Waals surface area contributed by atoms with E-state index in [0.717, 1.165) is 11.1 Å². The van der Waals surface area contributed by atoms with Gasteiger partial charge in [0.05, 0.1) is 16.1 Å². The van der Waals surface area contributed by atoms with Gasteiger partial charge in [-0.25, -0.2) is 12.8 Å². The Kier molecular flexibility index (Phi) is 3.18. The molecule has 0 aromatic heterocycles. The molecule has 0 saturated carbocycles. The molecule has 1 aromatic rings. The van der Waals surface area contributed by atoms with E-state index in [2.05, 4.69) is 0 Å². The second-order valence-corrected chi connectivity index (χ2v) is 8.80. The smallest absolute Gasteiger partial charge is 0.156 e. The van der Waals surface area contributed by atoms with Crippen LogP contribution in [0.1, 0.15) is 36.8 Å². The molecule has 0 spiro atoms. The lowest BCUT2D eigenvalue weighted by molar-refractivity contribution is 0.0217. The predicted molar refractivity (Wildman–Crippen MR) is 74.8 cm³/mol. The van der Waals surface area contributed by atoms with Gasteiger partial charge in [0.25, 0.3) is 0 Å². The quantitative estimate of drug-likeness (QED) is 0.910. The Morgan fingerprint density at radius 1 is 1.30 bits per heavy atom. The monoisotopic (exact) mass is 298 g/mol. The van der Waals surface area contributed by atoms with Crippen molar-refractivity contribution in [3.63, 3.8) is 0 Å². The highest BCUT2D eigenvalue weighted by molar-refractivity contribution is 7.93. The number of sulfone groups is 1. The lowest BCUT2D eigenvalue weighted by Gasteiger charge is -2.36. The molecule has 1 aromatic carbocycles. The van der Waals surface area contributed by atoms with Crippen LogP contribution in [-0.2, 0) is 16.3 Å². The Morgan fingerprint density at radius 3 is 2.50 bits per heavy atom. The number of aryl methyl sites for hydroxylation is 1. The van der Waals surface area contributed by atoms with Gasteiger partial charge in [-0.3, -0.25) is 0 Å². The number of benzene rings is 1. The van der Waals surface area contributed by atoms with E-state index in [1.165, 1.54) is 12.1 Å². The molecule has 5 heteroatoms. The second kappa shape index (κ2) is 4.53. The first-order chi connectivity index (χ1) is 9.30. The van der Waals surface area contributed by atoms with Crippen molar-refractivity contribution in [2.75, 3.05) is 0 Å². The number of hydrogen-bond donors (Lipinski definition) is 1. The summed E-state index contributed by atoms with van der Waals surface area (Å²) in [4.78, 5) is 0. The summed E-state index contributed by atoms with van der Waals surface area (Å²) in [7, 11) is -3.04. The zero-order chi connectivity index (χ0) is 14.5. The molecule has 110 valence electrons. The zero-order valence-corrected chi connectivity index (χ0v) is 12.3. The average Bonchev–Trinajstić information content (AvgIpc) is 2.54. The fourth-order valence-electron chi connectivity index (χ4n) is 3.67. The first-order valence-electron chi connectivity index (χ1n) is 7.00. The van der Waals surface area contributed by atoms with Crippen LogP contribution >= 0.6 is 0 Å². The highest BCUT2D eigenvalue weighted by Crippen LogP contribution is 2.44. The number of fused-ring (bicyclic) bond motifs is 2. The van der Waals surface area contributed by atoms with Crippen LogP contribution in [0.15, 0.2) is 18.2 Å². The van der Waals surface area contributed by atoms with Gasteiger partial charge >= 0.3 is 0 Å². The Bertz CT molecular complexity index is 619. The molecule has 20 heavy (non-hydrogen) atoms. The summed E-state index contributed by atoms with van der Waals surface area (Å²) in [5.41, 5.74) is 0.683. The van der Waals surface area contributed by atoms with Crippen molar-refractivity contribution < 1.29 is 17.9 Å². The molecule has 2 fully saturated rings. The first-order valence-corrected chi connectivity index (χ1v) is 8.61. The molecule has 2 heterocycles. The van der Waals surface area contributed by atoms with Gasteiger partial charge in [-0.15, -0.1) is 0 Å². The number of halogens is 1. The Hall–Kier alpha value is -0.940. The van der Waals surface area contributed by atoms with Gasteiger partial charge in [0, 0.05) is 6.42 Å². The summed E-state index contributed by atoms with van der Waals surface area (Å²) in [5, 5.41) is 9.93. The Balaban J connectivity index is 1.87. The van der Waals surface area contributed by atoms with Crippen LogP contribution < -0.4 is 0 Å². The average molecular weight is 298 g/mol. The molecule has 2 saturated heterocycles. The van der Waals surface area contributed by atoms with E-state index in [4.69, 9.17) is 0 Å². The van der Waals surface area contributed by atoms with E-state index in [0.29, 0.717) is 19.3 Å². The highest BCUT2D eigenvalue weighted by atomic mass is 32.2. The third-order valence-electron chi connectivity index (χ3n) is 4.79. The molecule has 0 radical (unpaired) electrons. The van der Waals surface area contributed by atoms with Crippen molar-refractivity contribution in [3.8, 4) is 0 Å². The standard InChI is InChI=1S/C15H19FO3S/c1-10-2-3-12(16)6-11(10)7-15(17)8-13-4-5-14(9-15)20(13,18)19/h2-3,6,13-14,17H,4-5,7-9H2,1H3. The van der Waals surface area contributed by atoms with E-state index in [1.54, 1.807) is 6.07 Å². The summed E-state index contributed by atoms with van der Waals surface area (Å²) in [6.45, 7) is 1.88. The molecule has 0 aliphatic carbocycles. The van der Waals surface area contributed by atoms with E-state index in [1.807, 2.05) is 6.92 Å². The summed E-state index contributed by atoms with van der Waals surface area (Å²) in [5.74, 6) is -0.319. The topological polar surface area (TPSA) is 54.4 Å². The number of rotatable bonds is 2. The van der Waals surface area contributed by atoms with Crippen LogP contribution in [0.2, 0.25) is 0 Å². The molecule has 1 N–H and O–H groups in total.